The van der Waals surface area contributed by atoms with E-state index < -0.39 is 5.97 Å². The van der Waals surface area contributed by atoms with Crippen LogP contribution in [0.15, 0.2) is 40.0 Å². The minimum absolute atomic E-state index is 0.0100. The summed E-state index contributed by atoms with van der Waals surface area (Å²) in [7, 11) is 0. The number of rotatable bonds is 5. The molecule has 2 rings (SSSR count). The number of hydrogen-bond donors (Lipinski definition) is 1. The van der Waals surface area contributed by atoms with E-state index >= 15 is 0 Å². The van der Waals surface area contributed by atoms with Crippen molar-refractivity contribution < 1.29 is 14.3 Å². The summed E-state index contributed by atoms with van der Waals surface area (Å²) in [6.45, 7) is 1.70. The Kier molecular flexibility index (Phi) is 3.99. The van der Waals surface area contributed by atoms with Crippen LogP contribution >= 0.6 is 11.8 Å². The number of hydrogen-bond acceptors (Lipinski definition) is 5. The number of aryl methyl sites for hydroxylation is 1. The van der Waals surface area contributed by atoms with Crippen molar-refractivity contribution in [1.29, 1.82) is 0 Å². The molecule has 18 heavy (non-hydrogen) atoms. The number of aromatic nitrogens is 2. The number of carbonyl (C=O) groups is 1. The van der Waals surface area contributed by atoms with E-state index in [0.717, 1.165) is 5.56 Å². The maximum Gasteiger partial charge on any atom is 0.304 e. The summed E-state index contributed by atoms with van der Waals surface area (Å²) in [5, 5.41) is 16.7. The zero-order chi connectivity index (χ0) is 13.0. The van der Waals surface area contributed by atoms with Gasteiger partial charge in [-0.2, -0.15) is 0 Å². The fourth-order valence-corrected chi connectivity index (χ4v) is 2.52. The Balaban J connectivity index is 2.18. The molecule has 1 atom stereocenters. The molecule has 0 aliphatic carbocycles. The van der Waals surface area contributed by atoms with Gasteiger partial charge in [0, 0.05) is 12.2 Å². The summed E-state index contributed by atoms with van der Waals surface area (Å²) in [6, 6.07) is 9.43. The summed E-state index contributed by atoms with van der Waals surface area (Å²) < 4.78 is 5.26. The van der Waals surface area contributed by atoms with E-state index in [1.54, 1.807) is 6.92 Å². The van der Waals surface area contributed by atoms with Gasteiger partial charge in [-0.1, -0.05) is 42.1 Å². The van der Waals surface area contributed by atoms with Gasteiger partial charge in [-0.3, -0.25) is 4.79 Å². The lowest BCUT2D eigenvalue weighted by Crippen LogP contribution is -2.03. The molecular formula is C12H12N2O3S. The molecule has 1 aromatic carbocycles. The average Bonchev–Trinajstić information content (AvgIpc) is 2.75. The predicted molar refractivity (Wildman–Crippen MR) is 66.3 cm³/mol. The van der Waals surface area contributed by atoms with Gasteiger partial charge in [0.25, 0.3) is 5.22 Å². The molecule has 0 radical (unpaired) electrons. The molecule has 1 N–H and O–H groups in total. The van der Waals surface area contributed by atoms with Crippen molar-refractivity contribution >= 4 is 17.7 Å². The summed E-state index contributed by atoms with van der Waals surface area (Å²) >= 11 is 1.27. The standard InChI is InChI=1S/C12H12N2O3S/c1-8-13-14-12(17-8)18-10(7-11(15)16)9-5-3-2-4-6-9/h2-6,10H,7H2,1H3,(H,15,16). The van der Waals surface area contributed by atoms with Crippen LogP contribution in [0.1, 0.15) is 23.1 Å². The van der Waals surface area contributed by atoms with Crippen LogP contribution in [0.4, 0.5) is 0 Å². The molecule has 1 heterocycles. The number of thioether (sulfide) groups is 1. The van der Waals surface area contributed by atoms with Crippen LogP contribution in [-0.4, -0.2) is 21.3 Å². The molecule has 1 aromatic heterocycles. The van der Waals surface area contributed by atoms with Crippen molar-refractivity contribution in [1.82, 2.24) is 10.2 Å². The summed E-state index contributed by atoms with van der Waals surface area (Å²) in [5.41, 5.74) is 0.931. The van der Waals surface area contributed by atoms with Crippen molar-refractivity contribution in [3.05, 3.63) is 41.8 Å². The molecule has 0 fully saturated rings. The van der Waals surface area contributed by atoms with Crippen LogP contribution in [0.3, 0.4) is 0 Å². The quantitative estimate of drug-likeness (QED) is 0.837. The number of benzene rings is 1. The van der Waals surface area contributed by atoms with E-state index in [1.165, 1.54) is 11.8 Å². The van der Waals surface area contributed by atoms with Gasteiger partial charge in [0.1, 0.15) is 0 Å². The maximum absolute atomic E-state index is 10.9. The van der Waals surface area contributed by atoms with Gasteiger partial charge in [0.15, 0.2) is 0 Å². The van der Waals surface area contributed by atoms with E-state index in [1.807, 2.05) is 30.3 Å². The SMILES string of the molecule is Cc1nnc(SC(CC(=O)O)c2ccccc2)o1. The fourth-order valence-electron chi connectivity index (χ4n) is 1.50. The Morgan fingerprint density at radius 1 is 1.39 bits per heavy atom. The maximum atomic E-state index is 10.9. The Hall–Kier alpha value is -1.82. The van der Waals surface area contributed by atoms with Crippen molar-refractivity contribution in [2.75, 3.05) is 0 Å². The molecule has 5 nitrogen and oxygen atoms in total. The van der Waals surface area contributed by atoms with Crippen LogP contribution in [0.2, 0.25) is 0 Å². The average molecular weight is 264 g/mol. The first-order chi connectivity index (χ1) is 8.65. The molecule has 1 unspecified atom stereocenters. The Bertz CT molecular complexity index is 527. The first-order valence-electron chi connectivity index (χ1n) is 5.38. The lowest BCUT2D eigenvalue weighted by Gasteiger charge is -2.11. The number of carboxylic acid groups (broad SMARTS) is 1. The largest absolute Gasteiger partial charge is 0.481 e. The van der Waals surface area contributed by atoms with Gasteiger partial charge >= 0.3 is 5.97 Å². The van der Waals surface area contributed by atoms with Crippen molar-refractivity contribution in [2.45, 2.75) is 23.8 Å². The third-order valence-electron chi connectivity index (χ3n) is 2.28. The number of nitrogens with zero attached hydrogens (tertiary/aromatic N) is 2. The highest BCUT2D eigenvalue weighted by Crippen LogP contribution is 2.36. The van der Waals surface area contributed by atoms with Crippen LogP contribution in [0.5, 0.6) is 0 Å². The Morgan fingerprint density at radius 2 is 2.11 bits per heavy atom. The molecule has 94 valence electrons. The molecule has 0 aliphatic heterocycles. The summed E-state index contributed by atoms with van der Waals surface area (Å²) in [5.74, 6) is -0.382. The Labute approximate surface area is 108 Å². The van der Waals surface area contributed by atoms with E-state index in [9.17, 15) is 4.79 Å². The second-order valence-corrected chi connectivity index (χ2v) is 4.86. The molecule has 0 amide bonds. The lowest BCUT2D eigenvalue weighted by atomic mass is 10.1. The van der Waals surface area contributed by atoms with Crippen molar-refractivity contribution in [2.24, 2.45) is 0 Å². The summed E-state index contributed by atoms with van der Waals surface area (Å²) in [6.07, 6.45) is 0.0100. The normalized spacial score (nSPS) is 12.3. The molecular weight excluding hydrogens is 252 g/mol. The van der Waals surface area contributed by atoms with E-state index in [-0.39, 0.29) is 11.7 Å². The molecule has 2 aromatic rings. The number of aliphatic carboxylic acids is 1. The van der Waals surface area contributed by atoms with Gasteiger partial charge in [-0.25, -0.2) is 0 Å². The Morgan fingerprint density at radius 3 is 2.67 bits per heavy atom. The van der Waals surface area contributed by atoms with Crippen molar-refractivity contribution in [3.63, 3.8) is 0 Å². The van der Waals surface area contributed by atoms with Gasteiger partial charge in [-0.05, 0) is 5.56 Å². The third kappa shape index (κ3) is 3.33. The van der Waals surface area contributed by atoms with E-state index in [2.05, 4.69) is 10.2 Å². The smallest absolute Gasteiger partial charge is 0.304 e. The highest BCUT2D eigenvalue weighted by Gasteiger charge is 2.19. The van der Waals surface area contributed by atoms with Crippen LogP contribution in [-0.2, 0) is 4.79 Å². The van der Waals surface area contributed by atoms with Gasteiger partial charge < -0.3 is 9.52 Å². The molecule has 0 saturated carbocycles. The first-order valence-corrected chi connectivity index (χ1v) is 6.26. The highest BCUT2D eigenvalue weighted by atomic mass is 32.2. The fraction of sp³-hybridized carbons (Fsp3) is 0.250. The minimum Gasteiger partial charge on any atom is -0.481 e. The highest BCUT2D eigenvalue weighted by molar-refractivity contribution is 7.99. The molecule has 6 heteroatoms. The van der Waals surface area contributed by atoms with Crippen LogP contribution in [0.25, 0.3) is 0 Å². The minimum atomic E-state index is -0.854. The molecule has 0 aliphatic rings. The van der Waals surface area contributed by atoms with E-state index in [0.29, 0.717) is 11.1 Å². The lowest BCUT2D eigenvalue weighted by molar-refractivity contribution is -0.137. The molecule has 0 saturated heterocycles. The van der Waals surface area contributed by atoms with Crippen molar-refractivity contribution in [3.8, 4) is 0 Å². The zero-order valence-electron chi connectivity index (χ0n) is 9.74. The van der Waals surface area contributed by atoms with Gasteiger partial charge in [0.05, 0.1) is 6.42 Å². The monoisotopic (exact) mass is 264 g/mol. The topological polar surface area (TPSA) is 76.2 Å². The predicted octanol–water partition coefficient (Wildman–Crippen LogP) is 2.69. The van der Waals surface area contributed by atoms with Crippen LogP contribution < -0.4 is 0 Å². The van der Waals surface area contributed by atoms with Gasteiger partial charge in [-0.15, -0.1) is 10.2 Å². The second-order valence-electron chi connectivity index (χ2n) is 3.70. The molecule has 0 spiro atoms. The summed E-state index contributed by atoms with van der Waals surface area (Å²) in [4.78, 5) is 10.9. The van der Waals surface area contributed by atoms with Gasteiger partial charge in [0.2, 0.25) is 5.89 Å². The van der Waals surface area contributed by atoms with E-state index in [4.69, 9.17) is 9.52 Å². The second kappa shape index (κ2) is 5.68. The first kappa shape index (κ1) is 12.6. The van der Waals surface area contributed by atoms with Crippen LogP contribution in [0, 0.1) is 6.92 Å². The molecule has 0 bridgehead atoms. The number of carboxylic acids is 1. The zero-order valence-corrected chi connectivity index (χ0v) is 10.6. The third-order valence-corrected chi connectivity index (χ3v) is 3.37.